The predicted octanol–water partition coefficient (Wildman–Crippen LogP) is 2.79. The summed E-state index contributed by atoms with van der Waals surface area (Å²) in [5.41, 5.74) is 0.843. The van der Waals surface area contributed by atoms with Crippen molar-refractivity contribution in [3.8, 4) is 11.5 Å². The van der Waals surface area contributed by atoms with E-state index in [0.717, 1.165) is 25.9 Å². The highest BCUT2D eigenvalue weighted by atomic mass is 19.1. The number of aromatic nitrogens is 2. The Labute approximate surface area is 162 Å². The third kappa shape index (κ3) is 3.63. The van der Waals surface area contributed by atoms with Gasteiger partial charge in [0.2, 0.25) is 5.91 Å². The summed E-state index contributed by atoms with van der Waals surface area (Å²) in [6.07, 6.45) is 5.92. The first kappa shape index (κ1) is 18.6. The van der Waals surface area contributed by atoms with Crippen LogP contribution in [0.4, 0.5) is 4.39 Å². The molecule has 8 heteroatoms. The van der Waals surface area contributed by atoms with Crippen molar-refractivity contribution in [3.63, 3.8) is 0 Å². The summed E-state index contributed by atoms with van der Waals surface area (Å²) >= 11 is 0. The second-order valence-electron chi connectivity index (χ2n) is 7.81. The van der Waals surface area contributed by atoms with Gasteiger partial charge in [-0.05, 0) is 56.2 Å². The van der Waals surface area contributed by atoms with E-state index >= 15 is 0 Å². The van der Waals surface area contributed by atoms with Crippen molar-refractivity contribution < 1.29 is 18.5 Å². The molecule has 2 heterocycles. The molecule has 2 fully saturated rings. The lowest BCUT2D eigenvalue weighted by molar-refractivity contribution is -0.136. The SMILES string of the molecule is CC(NC(=O)c1noc(-c2cccc(F)c2)n1)C(=O)N1CCC2(CCC2)CC1. The largest absolute Gasteiger partial charge is 0.341 e. The van der Waals surface area contributed by atoms with Gasteiger partial charge in [0, 0.05) is 18.7 Å². The quantitative estimate of drug-likeness (QED) is 0.873. The third-order valence-corrected chi connectivity index (χ3v) is 5.97. The van der Waals surface area contributed by atoms with Gasteiger partial charge in [-0.25, -0.2) is 4.39 Å². The number of carbonyl (C=O) groups excluding carboxylic acids is 2. The minimum Gasteiger partial charge on any atom is -0.341 e. The van der Waals surface area contributed by atoms with E-state index in [9.17, 15) is 14.0 Å². The van der Waals surface area contributed by atoms with Gasteiger partial charge < -0.3 is 14.7 Å². The lowest BCUT2D eigenvalue weighted by Crippen LogP contribution is -2.52. The summed E-state index contributed by atoms with van der Waals surface area (Å²) in [6, 6.07) is 4.98. The zero-order chi connectivity index (χ0) is 19.7. The lowest BCUT2D eigenvalue weighted by Gasteiger charge is -2.48. The minimum absolute atomic E-state index is 0.0467. The summed E-state index contributed by atoms with van der Waals surface area (Å²) < 4.78 is 18.4. The van der Waals surface area contributed by atoms with Crippen LogP contribution in [0, 0.1) is 11.2 Å². The highest BCUT2D eigenvalue weighted by molar-refractivity contribution is 5.94. The van der Waals surface area contributed by atoms with E-state index < -0.39 is 17.8 Å². The van der Waals surface area contributed by atoms with Gasteiger partial charge in [-0.2, -0.15) is 4.98 Å². The Hall–Kier alpha value is -2.77. The van der Waals surface area contributed by atoms with Gasteiger partial charge >= 0.3 is 0 Å². The molecule has 1 saturated heterocycles. The molecule has 148 valence electrons. The molecular formula is C20H23FN4O3. The molecular weight excluding hydrogens is 363 g/mol. The number of carbonyl (C=O) groups is 2. The highest BCUT2D eigenvalue weighted by Gasteiger charge is 2.41. The van der Waals surface area contributed by atoms with Crippen LogP contribution < -0.4 is 5.32 Å². The number of benzene rings is 1. The number of hydrogen-bond acceptors (Lipinski definition) is 5. The number of amides is 2. The van der Waals surface area contributed by atoms with Gasteiger partial charge in [-0.1, -0.05) is 17.6 Å². The Bertz CT molecular complexity index is 883. The van der Waals surface area contributed by atoms with Crippen molar-refractivity contribution in [1.82, 2.24) is 20.4 Å². The van der Waals surface area contributed by atoms with E-state index in [4.69, 9.17) is 4.52 Å². The van der Waals surface area contributed by atoms with Crippen LogP contribution in [0.2, 0.25) is 0 Å². The van der Waals surface area contributed by atoms with Crippen molar-refractivity contribution >= 4 is 11.8 Å². The molecule has 1 aromatic heterocycles. The van der Waals surface area contributed by atoms with Crippen LogP contribution in [0.15, 0.2) is 28.8 Å². The van der Waals surface area contributed by atoms with Crippen LogP contribution in [-0.2, 0) is 4.79 Å². The van der Waals surface area contributed by atoms with Crippen molar-refractivity contribution in [1.29, 1.82) is 0 Å². The molecule has 4 rings (SSSR count). The molecule has 1 N–H and O–H groups in total. The van der Waals surface area contributed by atoms with Crippen molar-refractivity contribution in [2.75, 3.05) is 13.1 Å². The number of nitrogens with one attached hydrogen (secondary N) is 1. The Morgan fingerprint density at radius 3 is 2.64 bits per heavy atom. The fourth-order valence-corrected chi connectivity index (χ4v) is 4.03. The number of piperidine rings is 1. The average molecular weight is 386 g/mol. The second kappa shape index (κ2) is 7.33. The summed E-state index contributed by atoms with van der Waals surface area (Å²) in [4.78, 5) is 30.8. The molecule has 2 aromatic rings. The fourth-order valence-electron chi connectivity index (χ4n) is 4.03. The van der Waals surface area contributed by atoms with Gasteiger partial charge in [0.1, 0.15) is 11.9 Å². The standard InChI is InChI=1S/C20H23FN4O3/c1-13(19(27)25-10-8-20(9-11-25)6-3-7-20)22-17(26)16-23-18(28-24-16)14-4-2-5-15(21)12-14/h2,4-5,12-13H,3,6-11H2,1H3,(H,22,26). The molecule has 1 aliphatic heterocycles. The summed E-state index contributed by atoms with van der Waals surface area (Å²) in [6.45, 7) is 3.14. The van der Waals surface area contributed by atoms with E-state index in [0.29, 0.717) is 11.0 Å². The zero-order valence-electron chi connectivity index (χ0n) is 15.8. The number of halogens is 1. The van der Waals surface area contributed by atoms with Crippen molar-refractivity contribution in [2.45, 2.75) is 45.1 Å². The number of rotatable bonds is 4. The molecule has 2 amide bonds. The molecule has 0 bridgehead atoms. The first-order chi connectivity index (χ1) is 13.5. The van der Waals surface area contributed by atoms with Crippen molar-refractivity contribution in [3.05, 3.63) is 35.9 Å². The zero-order valence-corrected chi connectivity index (χ0v) is 15.8. The number of likely N-dealkylation sites (tertiary alicyclic amines) is 1. The van der Waals surface area contributed by atoms with E-state index in [1.165, 1.54) is 37.5 Å². The van der Waals surface area contributed by atoms with Gasteiger partial charge in [-0.3, -0.25) is 9.59 Å². The second-order valence-corrected chi connectivity index (χ2v) is 7.81. The molecule has 1 unspecified atom stereocenters. The van der Waals surface area contributed by atoms with E-state index in [2.05, 4.69) is 15.5 Å². The Morgan fingerprint density at radius 1 is 1.25 bits per heavy atom. The summed E-state index contributed by atoms with van der Waals surface area (Å²) in [5, 5.41) is 6.27. The molecule has 1 spiro atoms. The molecule has 7 nitrogen and oxygen atoms in total. The monoisotopic (exact) mass is 386 g/mol. The van der Waals surface area contributed by atoms with Crippen molar-refractivity contribution in [2.24, 2.45) is 5.41 Å². The maximum atomic E-state index is 13.3. The summed E-state index contributed by atoms with van der Waals surface area (Å²) in [7, 11) is 0. The lowest BCUT2D eigenvalue weighted by atomic mass is 9.63. The Morgan fingerprint density at radius 2 is 2.00 bits per heavy atom. The van der Waals surface area contributed by atoms with Crippen LogP contribution in [-0.4, -0.2) is 46.0 Å². The molecule has 1 aromatic carbocycles. The Balaban J connectivity index is 1.35. The van der Waals surface area contributed by atoms with Crippen LogP contribution in [0.5, 0.6) is 0 Å². The van der Waals surface area contributed by atoms with Crippen LogP contribution in [0.1, 0.15) is 49.6 Å². The molecule has 0 radical (unpaired) electrons. The highest BCUT2D eigenvalue weighted by Crippen LogP contribution is 2.48. The van der Waals surface area contributed by atoms with Gasteiger partial charge in [0.05, 0.1) is 0 Å². The normalized spacial score (nSPS) is 19.1. The number of nitrogens with zero attached hydrogens (tertiary/aromatic N) is 3. The molecule has 1 aliphatic carbocycles. The third-order valence-electron chi connectivity index (χ3n) is 5.97. The predicted molar refractivity (Wildman–Crippen MR) is 98.7 cm³/mol. The van der Waals surface area contributed by atoms with E-state index in [1.807, 2.05) is 4.90 Å². The molecule has 2 aliphatic rings. The Kier molecular flexibility index (Phi) is 4.87. The van der Waals surface area contributed by atoms with E-state index in [1.54, 1.807) is 13.0 Å². The molecule has 1 saturated carbocycles. The van der Waals surface area contributed by atoms with E-state index in [-0.39, 0.29) is 17.6 Å². The number of hydrogen-bond donors (Lipinski definition) is 1. The van der Waals surface area contributed by atoms with Crippen LogP contribution in [0.3, 0.4) is 0 Å². The topological polar surface area (TPSA) is 88.3 Å². The summed E-state index contributed by atoms with van der Waals surface area (Å²) in [5.74, 6) is -1.28. The first-order valence-electron chi connectivity index (χ1n) is 9.65. The molecule has 28 heavy (non-hydrogen) atoms. The smallest absolute Gasteiger partial charge is 0.293 e. The maximum Gasteiger partial charge on any atom is 0.293 e. The minimum atomic E-state index is -0.681. The van der Waals surface area contributed by atoms with Crippen LogP contribution >= 0.6 is 0 Å². The fraction of sp³-hybridized carbons (Fsp3) is 0.500. The van der Waals surface area contributed by atoms with Crippen LogP contribution in [0.25, 0.3) is 11.5 Å². The van der Waals surface area contributed by atoms with Gasteiger partial charge in [0.25, 0.3) is 17.6 Å². The van der Waals surface area contributed by atoms with Gasteiger partial charge in [0.15, 0.2) is 0 Å². The first-order valence-corrected chi connectivity index (χ1v) is 9.65. The maximum absolute atomic E-state index is 13.3. The molecule has 1 atom stereocenters. The average Bonchev–Trinajstić information content (AvgIpc) is 3.16. The van der Waals surface area contributed by atoms with Gasteiger partial charge in [-0.15, -0.1) is 0 Å².